The summed E-state index contributed by atoms with van der Waals surface area (Å²) in [5.74, 6) is 0. The van der Waals surface area contributed by atoms with Gasteiger partial charge in [-0.3, -0.25) is 0 Å². The molecule has 0 radical (unpaired) electrons. The Morgan fingerprint density at radius 3 is 2.70 bits per heavy atom. The number of hydrogen-bond acceptors (Lipinski definition) is 5. The minimum absolute atomic E-state index is 0.191. The summed E-state index contributed by atoms with van der Waals surface area (Å²) >= 11 is 1.87. The van der Waals surface area contributed by atoms with E-state index < -0.39 is 10.0 Å². The number of benzene rings is 1. The molecule has 0 amide bonds. The zero-order valence-electron chi connectivity index (χ0n) is 11.7. The zero-order valence-corrected chi connectivity index (χ0v) is 13.4. The van der Waals surface area contributed by atoms with E-state index in [9.17, 15) is 8.42 Å². The van der Waals surface area contributed by atoms with Gasteiger partial charge in [0.15, 0.2) is 0 Å². The maximum Gasteiger partial charge on any atom is 0.240 e. The number of sulfonamides is 1. The second-order valence-corrected chi connectivity index (χ2v) is 7.88. The first-order valence-electron chi connectivity index (χ1n) is 6.60. The van der Waals surface area contributed by atoms with E-state index in [-0.39, 0.29) is 4.90 Å². The van der Waals surface area contributed by atoms with Gasteiger partial charge in [-0.1, -0.05) is 6.42 Å². The minimum atomic E-state index is -3.44. The fourth-order valence-electron chi connectivity index (χ4n) is 2.53. The SMILES string of the molecule is CNS(=O)(=O)c1ccc(NC2CCCC2SC)c(N)c1. The molecular formula is C13H21N3O2S2. The van der Waals surface area contributed by atoms with Gasteiger partial charge in [0.05, 0.1) is 16.3 Å². The topological polar surface area (TPSA) is 84.2 Å². The molecule has 0 bridgehead atoms. The van der Waals surface area contributed by atoms with Crippen LogP contribution in [-0.4, -0.2) is 33.0 Å². The van der Waals surface area contributed by atoms with Crippen molar-refractivity contribution in [2.45, 2.75) is 35.4 Å². The Morgan fingerprint density at radius 1 is 1.35 bits per heavy atom. The molecule has 2 atom stereocenters. The molecule has 2 rings (SSSR count). The van der Waals surface area contributed by atoms with E-state index in [0.29, 0.717) is 17.0 Å². The van der Waals surface area contributed by atoms with Crippen LogP contribution in [0, 0.1) is 0 Å². The minimum Gasteiger partial charge on any atom is -0.397 e. The van der Waals surface area contributed by atoms with Crippen molar-refractivity contribution in [3.05, 3.63) is 18.2 Å². The summed E-state index contributed by atoms with van der Waals surface area (Å²) < 4.78 is 25.7. The van der Waals surface area contributed by atoms with Crippen molar-refractivity contribution < 1.29 is 8.42 Å². The Labute approximate surface area is 124 Å². The molecule has 1 aromatic rings. The predicted molar refractivity (Wildman–Crippen MR) is 85.7 cm³/mol. The molecule has 0 spiro atoms. The molecule has 0 saturated heterocycles. The highest BCUT2D eigenvalue weighted by atomic mass is 32.2. The van der Waals surface area contributed by atoms with Crippen molar-refractivity contribution in [3.63, 3.8) is 0 Å². The quantitative estimate of drug-likeness (QED) is 0.723. The lowest BCUT2D eigenvalue weighted by molar-refractivity contribution is 0.588. The lowest BCUT2D eigenvalue weighted by Crippen LogP contribution is -2.26. The number of nitrogens with one attached hydrogen (secondary N) is 2. The molecule has 2 unspecified atom stereocenters. The van der Waals surface area contributed by atoms with Crippen LogP contribution in [0.25, 0.3) is 0 Å². The number of nitrogen functional groups attached to an aromatic ring is 1. The van der Waals surface area contributed by atoms with Crippen LogP contribution < -0.4 is 15.8 Å². The Morgan fingerprint density at radius 2 is 2.10 bits per heavy atom. The van der Waals surface area contributed by atoms with Gasteiger partial charge in [-0.25, -0.2) is 13.1 Å². The van der Waals surface area contributed by atoms with Crippen LogP contribution in [0.1, 0.15) is 19.3 Å². The predicted octanol–water partition coefficient (Wildman–Crippen LogP) is 1.87. The first kappa shape index (κ1) is 15.5. The molecule has 1 aliphatic rings. The first-order valence-corrected chi connectivity index (χ1v) is 9.37. The monoisotopic (exact) mass is 315 g/mol. The number of rotatable bonds is 5. The highest BCUT2D eigenvalue weighted by molar-refractivity contribution is 7.99. The smallest absolute Gasteiger partial charge is 0.240 e. The molecule has 4 N–H and O–H groups in total. The molecule has 1 aromatic carbocycles. The Bertz CT molecular complexity index is 575. The molecule has 1 fully saturated rings. The molecule has 20 heavy (non-hydrogen) atoms. The molecule has 5 nitrogen and oxygen atoms in total. The first-order chi connectivity index (χ1) is 9.47. The summed E-state index contributed by atoms with van der Waals surface area (Å²) in [7, 11) is -2.05. The zero-order chi connectivity index (χ0) is 14.8. The molecule has 0 aromatic heterocycles. The van der Waals surface area contributed by atoms with Gasteiger partial charge in [-0.15, -0.1) is 0 Å². The van der Waals surface area contributed by atoms with Crippen molar-refractivity contribution in [2.75, 3.05) is 24.4 Å². The van der Waals surface area contributed by atoms with Gasteiger partial charge in [0.2, 0.25) is 10.0 Å². The highest BCUT2D eigenvalue weighted by Gasteiger charge is 2.26. The van der Waals surface area contributed by atoms with Gasteiger partial charge in [0.1, 0.15) is 0 Å². The van der Waals surface area contributed by atoms with Crippen molar-refractivity contribution in [1.29, 1.82) is 0 Å². The third kappa shape index (κ3) is 3.21. The molecule has 0 heterocycles. The average molecular weight is 315 g/mol. The van der Waals surface area contributed by atoms with Crippen LogP contribution >= 0.6 is 11.8 Å². The van der Waals surface area contributed by atoms with Crippen LogP contribution in [-0.2, 0) is 10.0 Å². The summed E-state index contributed by atoms with van der Waals surface area (Å²) in [6, 6.07) is 5.22. The number of thioether (sulfide) groups is 1. The standard InChI is InChI=1S/C13H21N3O2S2/c1-15-20(17,18)9-6-7-11(10(14)8-9)16-12-4-3-5-13(12)19-2/h6-8,12-13,15-16H,3-5,14H2,1-2H3. The third-order valence-corrected chi connectivity index (χ3v) is 6.28. The van der Waals surface area contributed by atoms with Gasteiger partial charge in [0.25, 0.3) is 0 Å². The van der Waals surface area contributed by atoms with Crippen LogP contribution in [0.3, 0.4) is 0 Å². The van der Waals surface area contributed by atoms with Gasteiger partial charge < -0.3 is 11.1 Å². The molecule has 1 saturated carbocycles. The average Bonchev–Trinajstić information content (AvgIpc) is 2.88. The number of nitrogens with two attached hydrogens (primary N) is 1. The van der Waals surface area contributed by atoms with E-state index in [2.05, 4.69) is 16.3 Å². The van der Waals surface area contributed by atoms with Gasteiger partial charge in [-0.05, 0) is 44.3 Å². The van der Waals surface area contributed by atoms with Crippen LogP contribution in [0.2, 0.25) is 0 Å². The fraction of sp³-hybridized carbons (Fsp3) is 0.538. The summed E-state index contributed by atoms with van der Waals surface area (Å²) in [6.45, 7) is 0. The Kier molecular flexibility index (Phi) is 4.82. The van der Waals surface area contributed by atoms with E-state index in [0.717, 1.165) is 12.1 Å². The van der Waals surface area contributed by atoms with Crippen LogP contribution in [0.4, 0.5) is 11.4 Å². The maximum atomic E-state index is 11.7. The molecular weight excluding hydrogens is 294 g/mol. The molecule has 112 valence electrons. The van der Waals surface area contributed by atoms with E-state index in [1.54, 1.807) is 12.1 Å². The molecule has 1 aliphatic carbocycles. The van der Waals surface area contributed by atoms with Gasteiger partial charge >= 0.3 is 0 Å². The van der Waals surface area contributed by atoms with Crippen LogP contribution in [0.15, 0.2) is 23.1 Å². The lowest BCUT2D eigenvalue weighted by Gasteiger charge is -2.21. The van der Waals surface area contributed by atoms with Crippen molar-refractivity contribution in [2.24, 2.45) is 0 Å². The second kappa shape index (κ2) is 6.24. The lowest BCUT2D eigenvalue weighted by atomic mass is 10.2. The molecule has 7 heteroatoms. The van der Waals surface area contributed by atoms with E-state index in [1.807, 2.05) is 11.8 Å². The Balaban J connectivity index is 2.18. The fourth-order valence-corrected chi connectivity index (χ4v) is 4.23. The summed E-state index contributed by atoms with van der Waals surface area (Å²) in [4.78, 5) is 0.191. The van der Waals surface area contributed by atoms with E-state index in [1.165, 1.54) is 26.0 Å². The Hall–Kier alpha value is -0.920. The van der Waals surface area contributed by atoms with E-state index >= 15 is 0 Å². The third-order valence-electron chi connectivity index (χ3n) is 3.70. The highest BCUT2D eigenvalue weighted by Crippen LogP contribution is 2.32. The number of hydrogen-bond donors (Lipinski definition) is 3. The summed E-state index contributed by atoms with van der Waals surface area (Å²) in [5, 5.41) is 4.04. The normalized spacial score (nSPS) is 22.9. The van der Waals surface area contributed by atoms with Gasteiger partial charge in [-0.2, -0.15) is 11.8 Å². The van der Waals surface area contributed by atoms with E-state index in [4.69, 9.17) is 5.73 Å². The summed E-state index contributed by atoms with van der Waals surface area (Å²) in [5.41, 5.74) is 7.25. The maximum absolute atomic E-state index is 11.7. The number of anilines is 2. The summed E-state index contributed by atoms with van der Waals surface area (Å²) in [6.07, 6.45) is 5.68. The van der Waals surface area contributed by atoms with Crippen molar-refractivity contribution in [1.82, 2.24) is 4.72 Å². The van der Waals surface area contributed by atoms with Crippen LogP contribution in [0.5, 0.6) is 0 Å². The second-order valence-electron chi connectivity index (χ2n) is 4.91. The van der Waals surface area contributed by atoms with Crippen molar-refractivity contribution >= 4 is 33.2 Å². The molecule has 0 aliphatic heterocycles. The largest absolute Gasteiger partial charge is 0.397 e. The van der Waals surface area contributed by atoms with Gasteiger partial charge in [0, 0.05) is 11.3 Å². The van der Waals surface area contributed by atoms with Crippen molar-refractivity contribution in [3.8, 4) is 0 Å².